The number of hydrogen-bond donors (Lipinski definition) is 0. The first-order chi connectivity index (χ1) is 9.69. The van der Waals surface area contributed by atoms with Crippen molar-refractivity contribution >= 4 is 5.97 Å². The van der Waals surface area contributed by atoms with Gasteiger partial charge in [-0.3, -0.25) is 9.69 Å². The van der Waals surface area contributed by atoms with Gasteiger partial charge in [0.1, 0.15) is 6.04 Å². The number of unbranched alkanes of at least 4 members (excludes halogenated alkanes) is 1. The zero-order valence-corrected chi connectivity index (χ0v) is 12.2. The second kappa shape index (κ2) is 9.11. The van der Waals surface area contributed by atoms with Gasteiger partial charge >= 0.3 is 5.97 Å². The minimum atomic E-state index is -0.297. The van der Waals surface area contributed by atoms with Crippen molar-refractivity contribution in [2.24, 2.45) is 0 Å². The highest BCUT2D eigenvalue weighted by molar-refractivity contribution is 5.75. The van der Waals surface area contributed by atoms with Crippen LogP contribution in [-0.2, 0) is 16.1 Å². The highest BCUT2D eigenvalue weighted by Gasteiger charge is 2.22. The molecule has 4 nitrogen and oxygen atoms in total. The van der Waals surface area contributed by atoms with E-state index in [4.69, 9.17) is 10.00 Å². The molecule has 0 aromatic heterocycles. The Balaban J connectivity index is 2.69. The Labute approximate surface area is 121 Å². The van der Waals surface area contributed by atoms with Crippen molar-refractivity contribution in [2.75, 3.05) is 13.2 Å². The zero-order chi connectivity index (χ0) is 14.8. The average molecular weight is 274 g/mol. The number of esters is 1. The highest BCUT2D eigenvalue weighted by Crippen LogP contribution is 2.11. The number of rotatable bonds is 8. The fraction of sp³-hybridized carbons (Fsp3) is 0.500. The second-order valence-electron chi connectivity index (χ2n) is 4.65. The monoisotopic (exact) mass is 274 g/mol. The van der Waals surface area contributed by atoms with Gasteiger partial charge in [-0.2, -0.15) is 5.26 Å². The fourth-order valence-corrected chi connectivity index (χ4v) is 2.00. The van der Waals surface area contributed by atoms with Gasteiger partial charge in [-0.1, -0.05) is 30.3 Å². The van der Waals surface area contributed by atoms with Gasteiger partial charge in [0.15, 0.2) is 0 Å². The predicted octanol–water partition coefficient (Wildman–Crippen LogP) is 2.74. The quantitative estimate of drug-likeness (QED) is 0.540. The maximum absolute atomic E-state index is 11.9. The first kappa shape index (κ1) is 16.2. The molecule has 0 N–H and O–H groups in total. The van der Waals surface area contributed by atoms with Gasteiger partial charge in [-0.15, -0.1) is 0 Å². The second-order valence-corrected chi connectivity index (χ2v) is 4.65. The molecule has 0 spiro atoms. The molecule has 4 heteroatoms. The largest absolute Gasteiger partial charge is 0.465 e. The first-order valence-corrected chi connectivity index (χ1v) is 7.00. The number of hydrogen-bond acceptors (Lipinski definition) is 4. The van der Waals surface area contributed by atoms with E-state index in [2.05, 4.69) is 11.0 Å². The van der Waals surface area contributed by atoms with Gasteiger partial charge in [-0.05, 0) is 25.8 Å². The van der Waals surface area contributed by atoms with Gasteiger partial charge < -0.3 is 4.74 Å². The minimum Gasteiger partial charge on any atom is -0.465 e. The Morgan fingerprint density at radius 1 is 1.40 bits per heavy atom. The first-order valence-electron chi connectivity index (χ1n) is 7.00. The van der Waals surface area contributed by atoms with Crippen LogP contribution in [0, 0.1) is 11.3 Å². The summed E-state index contributed by atoms with van der Waals surface area (Å²) in [6, 6.07) is 11.9. The molecule has 0 aliphatic rings. The summed E-state index contributed by atoms with van der Waals surface area (Å²) in [5.41, 5.74) is 1.15. The Morgan fingerprint density at radius 3 is 2.70 bits per heavy atom. The molecule has 108 valence electrons. The number of ether oxygens (including phenoxy) is 1. The zero-order valence-electron chi connectivity index (χ0n) is 12.2. The summed E-state index contributed by atoms with van der Waals surface area (Å²) in [7, 11) is 0. The summed E-state index contributed by atoms with van der Waals surface area (Å²) in [4.78, 5) is 13.9. The van der Waals surface area contributed by atoms with Crippen LogP contribution in [0.1, 0.15) is 32.3 Å². The molecule has 0 fully saturated rings. The topological polar surface area (TPSA) is 53.3 Å². The van der Waals surface area contributed by atoms with Gasteiger partial charge in [0.25, 0.3) is 0 Å². The van der Waals surface area contributed by atoms with Crippen molar-refractivity contribution in [3.63, 3.8) is 0 Å². The maximum atomic E-state index is 11.9. The van der Waals surface area contributed by atoms with E-state index in [1.165, 1.54) is 0 Å². The SMILES string of the molecule is CCOC(=O)C(C)N(CCCC#N)Cc1ccccc1. The molecule has 1 aromatic carbocycles. The molecule has 0 saturated heterocycles. The van der Waals surface area contributed by atoms with Crippen molar-refractivity contribution in [3.05, 3.63) is 35.9 Å². The van der Waals surface area contributed by atoms with Gasteiger partial charge in [0.2, 0.25) is 0 Å². The van der Waals surface area contributed by atoms with Gasteiger partial charge in [0, 0.05) is 19.5 Å². The van der Waals surface area contributed by atoms with Crippen molar-refractivity contribution in [1.29, 1.82) is 5.26 Å². The van der Waals surface area contributed by atoms with Crippen LogP contribution in [0.2, 0.25) is 0 Å². The molecule has 0 aliphatic heterocycles. The number of nitriles is 1. The lowest BCUT2D eigenvalue weighted by atomic mass is 10.1. The van der Waals surface area contributed by atoms with E-state index in [9.17, 15) is 4.79 Å². The third-order valence-corrected chi connectivity index (χ3v) is 3.14. The summed E-state index contributed by atoms with van der Waals surface area (Å²) in [6.07, 6.45) is 1.26. The third-order valence-electron chi connectivity index (χ3n) is 3.14. The van der Waals surface area contributed by atoms with Gasteiger partial charge in [-0.25, -0.2) is 0 Å². The van der Waals surface area contributed by atoms with E-state index < -0.39 is 0 Å². The summed E-state index contributed by atoms with van der Waals surface area (Å²) >= 11 is 0. The van der Waals surface area contributed by atoms with E-state index in [0.29, 0.717) is 26.1 Å². The van der Waals surface area contributed by atoms with Crippen LogP contribution in [0.3, 0.4) is 0 Å². The maximum Gasteiger partial charge on any atom is 0.323 e. The van der Waals surface area contributed by atoms with Crippen LogP contribution in [0.15, 0.2) is 30.3 Å². The van der Waals surface area contributed by atoms with E-state index >= 15 is 0 Å². The molecule has 1 atom stereocenters. The lowest BCUT2D eigenvalue weighted by molar-refractivity contribution is -0.149. The predicted molar refractivity (Wildman–Crippen MR) is 77.8 cm³/mol. The molecule has 1 aromatic rings. The normalized spacial score (nSPS) is 11.9. The molecule has 0 radical (unpaired) electrons. The fourth-order valence-electron chi connectivity index (χ4n) is 2.00. The molecular weight excluding hydrogens is 252 g/mol. The third kappa shape index (κ3) is 5.41. The van der Waals surface area contributed by atoms with Crippen molar-refractivity contribution in [1.82, 2.24) is 4.90 Å². The van der Waals surface area contributed by atoms with Crippen LogP contribution < -0.4 is 0 Å². The molecule has 0 saturated carbocycles. The Hall–Kier alpha value is -1.86. The van der Waals surface area contributed by atoms with E-state index in [-0.39, 0.29) is 12.0 Å². The van der Waals surface area contributed by atoms with E-state index in [1.807, 2.05) is 44.2 Å². The number of benzene rings is 1. The molecule has 0 bridgehead atoms. The molecule has 0 heterocycles. The molecular formula is C16H22N2O2. The summed E-state index contributed by atoms with van der Waals surface area (Å²) in [5.74, 6) is -0.208. The van der Waals surface area contributed by atoms with Crippen LogP contribution in [0.25, 0.3) is 0 Å². The Bertz CT molecular complexity index is 440. The van der Waals surface area contributed by atoms with Crippen LogP contribution in [-0.4, -0.2) is 30.1 Å². The molecule has 20 heavy (non-hydrogen) atoms. The van der Waals surface area contributed by atoms with Crippen LogP contribution >= 0.6 is 0 Å². The molecule has 0 aliphatic carbocycles. The smallest absolute Gasteiger partial charge is 0.323 e. The van der Waals surface area contributed by atoms with Crippen molar-refractivity contribution in [3.8, 4) is 6.07 Å². The summed E-state index contributed by atoms with van der Waals surface area (Å²) in [6.45, 7) is 5.45. The van der Waals surface area contributed by atoms with Crippen LogP contribution in [0.5, 0.6) is 0 Å². The molecule has 0 amide bonds. The van der Waals surface area contributed by atoms with Crippen LogP contribution in [0.4, 0.5) is 0 Å². The molecule has 1 rings (SSSR count). The van der Waals surface area contributed by atoms with E-state index in [0.717, 1.165) is 12.0 Å². The van der Waals surface area contributed by atoms with Crippen molar-refractivity contribution in [2.45, 2.75) is 39.3 Å². The number of carbonyl (C=O) groups is 1. The molecule has 1 unspecified atom stereocenters. The van der Waals surface area contributed by atoms with E-state index in [1.54, 1.807) is 0 Å². The lowest BCUT2D eigenvalue weighted by Gasteiger charge is -2.27. The number of carbonyl (C=O) groups excluding carboxylic acids is 1. The Morgan fingerprint density at radius 2 is 2.10 bits per heavy atom. The standard InChI is InChI=1S/C16H22N2O2/c1-3-20-16(19)14(2)18(12-8-7-11-17)13-15-9-5-4-6-10-15/h4-6,9-10,14H,3,7-8,12-13H2,1-2H3. The lowest BCUT2D eigenvalue weighted by Crippen LogP contribution is -2.40. The highest BCUT2D eigenvalue weighted by atomic mass is 16.5. The average Bonchev–Trinajstić information content (AvgIpc) is 2.47. The summed E-state index contributed by atoms with van der Waals surface area (Å²) < 4.78 is 5.08. The van der Waals surface area contributed by atoms with Gasteiger partial charge in [0.05, 0.1) is 12.7 Å². The minimum absolute atomic E-state index is 0.208. The summed E-state index contributed by atoms with van der Waals surface area (Å²) in [5, 5.41) is 8.64. The van der Waals surface area contributed by atoms with Crippen molar-refractivity contribution < 1.29 is 9.53 Å². The Kier molecular flexibility index (Phi) is 7.38. The number of nitrogens with zero attached hydrogens (tertiary/aromatic N) is 2.